The summed E-state index contributed by atoms with van der Waals surface area (Å²) in [7, 11) is 0. The molecular formula is C4H8MoO12. The molecule has 0 aromatic carbocycles. The van der Waals surface area contributed by atoms with Crippen molar-refractivity contribution < 1.29 is 81.1 Å². The first kappa shape index (κ1) is 29.3. The van der Waals surface area contributed by atoms with E-state index in [9.17, 15) is 0 Å². The van der Waals surface area contributed by atoms with E-state index in [1.807, 2.05) is 0 Å². The van der Waals surface area contributed by atoms with Crippen molar-refractivity contribution in [1.29, 1.82) is 0 Å². The SMILES string of the molecule is O=C(O)O.O=C(O)O.O=C(O)O.O=C(O)O.[Mo]. The van der Waals surface area contributed by atoms with Crippen LogP contribution < -0.4 is 0 Å². The molecule has 0 bridgehead atoms. The van der Waals surface area contributed by atoms with E-state index in [0.717, 1.165) is 0 Å². The molecule has 0 rings (SSSR count). The zero-order chi connectivity index (χ0) is 14.3. The van der Waals surface area contributed by atoms with Gasteiger partial charge in [0, 0.05) is 21.1 Å². The molecule has 0 unspecified atom stereocenters. The molecule has 0 atom stereocenters. The molecule has 13 heteroatoms. The van der Waals surface area contributed by atoms with Crippen molar-refractivity contribution in [2.24, 2.45) is 0 Å². The molecule has 0 aliphatic heterocycles. The van der Waals surface area contributed by atoms with Gasteiger partial charge in [0.15, 0.2) is 0 Å². The summed E-state index contributed by atoms with van der Waals surface area (Å²) in [6.07, 6.45) is -7.33. The maximum Gasteiger partial charge on any atom is 0.503 e. The van der Waals surface area contributed by atoms with E-state index in [4.69, 9.17) is 60.0 Å². The molecule has 12 nitrogen and oxygen atoms in total. The van der Waals surface area contributed by atoms with Gasteiger partial charge in [-0.05, 0) is 0 Å². The van der Waals surface area contributed by atoms with Crippen molar-refractivity contribution in [3.05, 3.63) is 0 Å². The Balaban J connectivity index is -0.0000000369. The summed E-state index contributed by atoms with van der Waals surface area (Å²) in [6, 6.07) is 0. The molecule has 0 saturated carbocycles. The minimum Gasteiger partial charge on any atom is -0.450 e. The van der Waals surface area contributed by atoms with E-state index in [-0.39, 0.29) is 21.1 Å². The third-order valence-corrected chi connectivity index (χ3v) is 0. The van der Waals surface area contributed by atoms with E-state index in [1.165, 1.54) is 0 Å². The normalized spacial score (nSPS) is 5.65. The van der Waals surface area contributed by atoms with Gasteiger partial charge < -0.3 is 40.9 Å². The summed E-state index contributed by atoms with van der Waals surface area (Å²) in [5, 5.41) is 55.8. The fourth-order valence-corrected chi connectivity index (χ4v) is 0. The number of hydrogen-bond acceptors (Lipinski definition) is 4. The minimum atomic E-state index is -1.83. The molecule has 0 aromatic rings. The molecule has 0 radical (unpaired) electrons. The molecule has 0 aliphatic rings. The van der Waals surface area contributed by atoms with Crippen LogP contribution in [0.2, 0.25) is 0 Å². The van der Waals surface area contributed by atoms with E-state index < -0.39 is 24.6 Å². The van der Waals surface area contributed by atoms with Crippen LogP contribution in [0, 0.1) is 0 Å². The van der Waals surface area contributed by atoms with Crippen LogP contribution in [0.25, 0.3) is 0 Å². The number of hydrogen-bond donors (Lipinski definition) is 8. The molecule has 0 fully saturated rings. The van der Waals surface area contributed by atoms with Crippen molar-refractivity contribution >= 4 is 24.6 Å². The first-order valence-corrected chi connectivity index (χ1v) is 2.61. The Hall–Kier alpha value is -2.23. The van der Waals surface area contributed by atoms with Gasteiger partial charge >= 0.3 is 24.6 Å². The van der Waals surface area contributed by atoms with Gasteiger partial charge in [-0.2, -0.15) is 0 Å². The second-order valence-corrected chi connectivity index (χ2v) is 1.13. The monoisotopic (exact) mass is 346 g/mol. The molecule has 8 N–H and O–H groups in total. The number of carbonyl (C=O) groups is 4. The number of rotatable bonds is 0. The van der Waals surface area contributed by atoms with Crippen molar-refractivity contribution in [1.82, 2.24) is 0 Å². The van der Waals surface area contributed by atoms with Gasteiger partial charge in [-0.25, -0.2) is 19.2 Å². The second-order valence-electron chi connectivity index (χ2n) is 1.13. The van der Waals surface area contributed by atoms with Crippen LogP contribution in [-0.4, -0.2) is 65.5 Å². The Kier molecular flexibility index (Phi) is 40.6. The second kappa shape index (κ2) is 23.5. The zero-order valence-electron chi connectivity index (χ0n) is 7.62. The standard InChI is InChI=1S/4CH2O3.Mo/c4*2-1(3)4;/h4*(H2,2,3,4);. The van der Waals surface area contributed by atoms with Crippen LogP contribution in [0.5, 0.6) is 0 Å². The molecule has 0 heterocycles. The van der Waals surface area contributed by atoms with Crippen molar-refractivity contribution in [3.8, 4) is 0 Å². The maximum atomic E-state index is 8.56. The smallest absolute Gasteiger partial charge is 0.450 e. The summed E-state index contributed by atoms with van der Waals surface area (Å²) < 4.78 is 0. The van der Waals surface area contributed by atoms with E-state index >= 15 is 0 Å². The Morgan fingerprint density at radius 1 is 0.412 bits per heavy atom. The molecule has 0 aliphatic carbocycles. The average molecular weight is 344 g/mol. The Labute approximate surface area is 106 Å². The van der Waals surface area contributed by atoms with Gasteiger partial charge in [-0.3, -0.25) is 0 Å². The van der Waals surface area contributed by atoms with Gasteiger partial charge in [0.2, 0.25) is 0 Å². The third-order valence-electron chi connectivity index (χ3n) is 0. The summed E-state index contributed by atoms with van der Waals surface area (Å²) in [4.78, 5) is 34.2. The molecule has 0 saturated heterocycles. The quantitative estimate of drug-likeness (QED) is 0.286. The van der Waals surface area contributed by atoms with E-state index in [0.29, 0.717) is 0 Å². The minimum absolute atomic E-state index is 0. The van der Waals surface area contributed by atoms with Crippen LogP contribution in [0.4, 0.5) is 19.2 Å². The Bertz CT molecular complexity index is 159. The van der Waals surface area contributed by atoms with Crippen LogP contribution >= 0.6 is 0 Å². The zero-order valence-corrected chi connectivity index (χ0v) is 9.63. The van der Waals surface area contributed by atoms with Crippen molar-refractivity contribution in [2.45, 2.75) is 0 Å². The number of carboxylic acid groups (broad SMARTS) is 8. The summed E-state index contributed by atoms with van der Waals surface area (Å²) in [6.45, 7) is 0. The third kappa shape index (κ3) is 383. The van der Waals surface area contributed by atoms with Crippen LogP contribution in [0.1, 0.15) is 0 Å². The summed E-state index contributed by atoms with van der Waals surface area (Å²) in [5.74, 6) is 0. The van der Waals surface area contributed by atoms with Crippen LogP contribution in [0.3, 0.4) is 0 Å². The Morgan fingerprint density at radius 3 is 0.412 bits per heavy atom. The van der Waals surface area contributed by atoms with E-state index in [2.05, 4.69) is 0 Å². The van der Waals surface area contributed by atoms with Gasteiger partial charge in [0.1, 0.15) is 0 Å². The first-order valence-electron chi connectivity index (χ1n) is 2.61. The fraction of sp³-hybridized carbons (Fsp3) is 0. The molecule has 0 amide bonds. The fourth-order valence-electron chi connectivity index (χ4n) is 0. The molecular weight excluding hydrogens is 336 g/mol. The van der Waals surface area contributed by atoms with Crippen LogP contribution in [0.15, 0.2) is 0 Å². The Morgan fingerprint density at radius 2 is 0.412 bits per heavy atom. The van der Waals surface area contributed by atoms with Gasteiger partial charge in [0.25, 0.3) is 0 Å². The van der Waals surface area contributed by atoms with Gasteiger partial charge in [-0.15, -0.1) is 0 Å². The molecule has 0 spiro atoms. The molecule has 0 aromatic heterocycles. The van der Waals surface area contributed by atoms with Crippen molar-refractivity contribution in [2.75, 3.05) is 0 Å². The predicted molar refractivity (Wildman–Crippen MR) is 42.6 cm³/mol. The first-order chi connectivity index (χ1) is 6.93. The van der Waals surface area contributed by atoms with Crippen molar-refractivity contribution in [3.63, 3.8) is 0 Å². The predicted octanol–water partition coefficient (Wildman–Crippen LogP) is 0.887. The molecule has 17 heavy (non-hydrogen) atoms. The summed E-state index contributed by atoms with van der Waals surface area (Å²) >= 11 is 0. The van der Waals surface area contributed by atoms with E-state index in [1.54, 1.807) is 0 Å². The van der Waals surface area contributed by atoms with Gasteiger partial charge in [0.05, 0.1) is 0 Å². The molecule has 102 valence electrons. The maximum absolute atomic E-state index is 8.56. The summed E-state index contributed by atoms with van der Waals surface area (Å²) in [5.41, 5.74) is 0. The largest absolute Gasteiger partial charge is 0.503 e. The van der Waals surface area contributed by atoms with Gasteiger partial charge in [-0.1, -0.05) is 0 Å². The van der Waals surface area contributed by atoms with Crippen LogP contribution in [-0.2, 0) is 21.1 Å². The topological polar surface area (TPSA) is 230 Å². The average Bonchev–Trinajstić information content (AvgIpc) is 1.76.